The average molecular weight is 450 g/mol. The first-order valence-electron chi connectivity index (χ1n) is 10.7. The minimum absolute atomic E-state index is 0.268. The smallest absolute Gasteiger partial charge is 0.258 e. The highest BCUT2D eigenvalue weighted by molar-refractivity contribution is 5.99. The van der Waals surface area contributed by atoms with E-state index in [0.29, 0.717) is 18.7 Å². The van der Waals surface area contributed by atoms with Crippen LogP contribution >= 0.6 is 0 Å². The summed E-state index contributed by atoms with van der Waals surface area (Å²) in [5, 5.41) is 31.6. The number of aromatic hydroxyl groups is 3. The third kappa shape index (κ3) is 5.67. The summed E-state index contributed by atoms with van der Waals surface area (Å²) in [4.78, 5) is 14.5. The number of phenolic OH excluding ortho intramolecular Hbond substituents is 3. The summed E-state index contributed by atoms with van der Waals surface area (Å²) in [5.41, 5.74) is 1.83. The van der Waals surface area contributed by atoms with Gasteiger partial charge >= 0.3 is 0 Å². The van der Waals surface area contributed by atoms with Crippen molar-refractivity contribution < 1.29 is 29.6 Å². The zero-order valence-corrected chi connectivity index (χ0v) is 18.0. The van der Waals surface area contributed by atoms with Gasteiger partial charge in [-0.3, -0.25) is 4.79 Å². The Kier molecular flexibility index (Phi) is 6.85. The minimum atomic E-state index is -0.620. The molecule has 8 heteroatoms. The van der Waals surface area contributed by atoms with Gasteiger partial charge < -0.3 is 35.0 Å². The highest BCUT2D eigenvalue weighted by Crippen LogP contribution is 2.31. The molecule has 0 saturated carbocycles. The number of ether oxygens (including phenoxy) is 2. The molecule has 1 fully saturated rings. The topological polar surface area (TPSA) is 111 Å². The first-order chi connectivity index (χ1) is 16.0. The summed E-state index contributed by atoms with van der Waals surface area (Å²) >= 11 is 0. The highest BCUT2D eigenvalue weighted by Gasteiger charge is 2.17. The van der Waals surface area contributed by atoms with E-state index in [1.165, 1.54) is 0 Å². The van der Waals surface area contributed by atoms with Gasteiger partial charge in [0.1, 0.15) is 34.3 Å². The molecule has 0 unspecified atom stereocenters. The van der Waals surface area contributed by atoms with Crippen molar-refractivity contribution in [3.05, 3.63) is 71.8 Å². The predicted octanol–water partition coefficient (Wildman–Crippen LogP) is 3.40. The molecule has 1 aliphatic heterocycles. The number of anilines is 1. The molecule has 0 aliphatic carbocycles. The molecular weight excluding hydrogens is 424 g/mol. The van der Waals surface area contributed by atoms with Crippen molar-refractivity contribution in [3.8, 4) is 28.7 Å². The van der Waals surface area contributed by atoms with Crippen LogP contribution in [0, 0.1) is 0 Å². The maximum Gasteiger partial charge on any atom is 0.258 e. The largest absolute Gasteiger partial charge is 0.508 e. The Hall–Kier alpha value is -3.91. The summed E-state index contributed by atoms with van der Waals surface area (Å²) in [5.74, 6) is -0.441. The van der Waals surface area contributed by atoms with Gasteiger partial charge in [-0.05, 0) is 36.2 Å². The lowest BCUT2D eigenvalue weighted by Gasteiger charge is -2.29. The van der Waals surface area contributed by atoms with Crippen molar-refractivity contribution in [2.45, 2.75) is 6.42 Å². The van der Waals surface area contributed by atoms with Gasteiger partial charge in [0.05, 0.1) is 13.2 Å². The Morgan fingerprint density at radius 2 is 1.64 bits per heavy atom. The number of nitrogens with one attached hydrogen (secondary N) is 1. The second-order valence-electron chi connectivity index (χ2n) is 7.71. The minimum Gasteiger partial charge on any atom is -0.508 e. The monoisotopic (exact) mass is 450 g/mol. The van der Waals surface area contributed by atoms with E-state index in [0.717, 1.165) is 55.4 Å². The van der Waals surface area contributed by atoms with Crippen LogP contribution in [0.3, 0.4) is 0 Å². The third-order valence-electron chi connectivity index (χ3n) is 5.36. The molecule has 0 radical (unpaired) electrons. The van der Waals surface area contributed by atoms with Gasteiger partial charge in [0.2, 0.25) is 0 Å². The zero-order valence-electron chi connectivity index (χ0n) is 18.0. The Balaban J connectivity index is 1.30. The van der Waals surface area contributed by atoms with E-state index in [1.807, 2.05) is 42.5 Å². The van der Waals surface area contributed by atoms with Crippen LogP contribution in [0.15, 0.2) is 60.7 Å². The van der Waals surface area contributed by atoms with Crippen molar-refractivity contribution >= 4 is 11.6 Å². The lowest BCUT2D eigenvalue weighted by atomic mass is 10.1. The van der Waals surface area contributed by atoms with Gasteiger partial charge in [0.15, 0.2) is 0 Å². The van der Waals surface area contributed by atoms with Crippen molar-refractivity contribution in [1.29, 1.82) is 0 Å². The van der Waals surface area contributed by atoms with Gasteiger partial charge in [-0.1, -0.05) is 18.2 Å². The fourth-order valence-corrected chi connectivity index (χ4v) is 3.66. The lowest BCUT2D eigenvalue weighted by Crippen LogP contribution is -2.36. The van der Waals surface area contributed by atoms with Crippen LogP contribution in [0.5, 0.6) is 28.7 Å². The van der Waals surface area contributed by atoms with Gasteiger partial charge in [-0.15, -0.1) is 0 Å². The van der Waals surface area contributed by atoms with E-state index >= 15 is 0 Å². The molecule has 172 valence electrons. The molecule has 3 aromatic carbocycles. The number of rotatable bonds is 7. The van der Waals surface area contributed by atoms with E-state index in [4.69, 9.17) is 9.47 Å². The summed E-state index contributed by atoms with van der Waals surface area (Å²) < 4.78 is 11.4. The molecule has 3 aromatic rings. The SMILES string of the molecule is O=C(NCCc1ccc(Oc2cccc(N3CCOCC3)c2)cc1)c1c(O)cc(O)cc1O. The number of nitrogens with zero attached hydrogens (tertiary/aromatic N) is 1. The molecule has 33 heavy (non-hydrogen) atoms. The predicted molar refractivity (Wildman–Crippen MR) is 123 cm³/mol. The van der Waals surface area contributed by atoms with Gasteiger partial charge in [0.25, 0.3) is 5.91 Å². The number of hydrogen-bond acceptors (Lipinski definition) is 7. The molecule has 4 N–H and O–H groups in total. The molecule has 1 aliphatic rings. The second kappa shape index (κ2) is 10.1. The lowest BCUT2D eigenvalue weighted by molar-refractivity contribution is 0.0948. The maximum absolute atomic E-state index is 12.2. The maximum atomic E-state index is 12.2. The van der Waals surface area contributed by atoms with Gasteiger partial charge in [-0.25, -0.2) is 0 Å². The molecular formula is C25H26N2O6. The third-order valence-corrected chi connectivity index (χ3v) is 5.36. The highest BCUT2D eigenvalue weighted by atomic mass is 16.5. The Morgan fingerprint density at radius 1 is 0.939 bits per heavy atom. The van der Waals surface area contributed by atoms with E-state index in [2.05, 4.69) is 16.3 Å². The van der Waals surface area contributed by atoms with E-state index in [1.54, 1.807) is 0 Å². The molecule has 0 bridgehead atoms. The Labute approximate surface area is 191 Å². The molecule has 1 saturated heterocycles. The number of carbonyl (C=O) groups excluding carboxylic acids is 1. The quantitative estimate of drug-likeness (QED) is 0.437. The normalized spacial score (nSPS) is 13.5. The number of amides is 1. The Bertz CT molecular complexity index is 1090. The van der Waals surface area contributed by atoms with Crippen molar-refractivity contribution in [1.82, 2.24) is 5.32 Å². The number of morpholine rings is 1. The van der Waals surface area contributed by atoms with Crippen LogP contribution in [-0.4, -0.2) is 54.1 Å². The average Bonchev–Trinajstić information content (AvgIpc) is 2.80. The van der Waals surface area contributed by atoms with Crippen LogP contribution in [-0.2, 0) is 11.2 Å². The fourth-order valence-electron chi connectivity index (χ4n) is 3.66. The van der Waals surface area contributed by atoms with Crippen molar-refractivity contribution in [2.75, 3.05) is 37.7 Å². The van der Waals surface area contributed by atoms with Crippen LogP contribution < -0.4 is 15.0 Å². The number of phenols is 3. The summed E-state index contributed by atoms with van der Waals surface area (Å²) in [7, 11) is 0. The molecule has 4 rings (SSSR count). The number of hydrogen-bond donors (Lipinski definition) is 4. The van der Waals surface area contributed by atoms with E-state index in [-0.39, 0.29) is 11.3 Å². The summed E-state index contributed by atoms with van der Waals surface area (Å²) in [6, 6.07) is 17.6. The molecule has 0 spiro atoms. The van der Waals surface area contributed by atoms with Crippen molar-refractivity contribution in [2.24, 2.45) is 0 Å². The van der Waals surface area contributed by atoms with Crippen LogP contribution in [0.25, 0.3) is 0 Å². The first kappa shape index (κ1) is 22.3. The first-order valence-corrected chi connectivity index (χ1v) is 10.7. The zero-order chi connectivity index (χ0) is 23.2. The fraction of sp³-hybridized carbons (Fsp3) is 0.240. The number of carbonyl (C=O) groups is 1. The van der Waals surface area contributed by atoms with Crippen LogP contribution in [0.1, 0.15) is 15.9 Å². The molecule has 8 nitrogen and oxygen atoms in total. The molecule has 1 amide bonds. The van der Waals surface area contributed by atoms with Gasteiger partial charge in [-0.2, -0.15) is 0 Å². The van der Waals surface area contributed by atoms with Crippen LogP contribution in [0.4, 0.5) is 5.69 Å². The standard InChI is InChI=1S/C25H26N2O6/c28-19-15-22(29)24(23(30)16-19)25(31)26-9-8-17-4-6-20(7-5-17)33-21-3-1-2-18(14-21)27-10-12-32-13-11-27/h1-7,14-16,28-30H,8-13H2,(H,26,31). The summed E-state index contributed by atoms with van der Waals surface area (Å²) in [6.07, 6.45) is 0.554. The molecule has 1 heterocycles. The Morgan fingerprint density at radius 3 is 2.33 bits per heavy atom. The number of benzene rings is 3. The second-order valence-corrected chi connectivity index (χ2v) is 7.71. The van der Waals surface area contributed by atoms with E-state index < -0.39 is 17.4 Å². The van der Waals surface area contributed by atoms with E-state index in [9.17, 15) is 20.1 Å². The summed E-state index contributed by atoms with van der Waals surface area (Å²) in [6.45, 7) is 3.48. The van der Waals surface area contributed by atoms with Gasteiger partial charge in [0, 0.05) is 43.5 Å². The molecule has 0 atom stereocenters. The van der Waals surface area contributed by atoms with Crippen LogP contribution in [0.2, 0.25) is 0 Å². The molecule has 0 aromatic heterocycles. The van der Waals surface area contributed by atoms with Crippen molar-refractivity contribution in [3.63, 3.8) is 0 Å².